The minimum absolute atomic E-state index is 0.156. The predicted molar refractivity (Wildman–Crippen MR) is 93.6 cm³/mol. The van der Waals surface area contributed by atoms with Crippen LogP contribution in [0.4, 0.5) is 0 Å². The molecule has 2 rings (SSSR count). The number of hydrogen-bond acceptors (Lipinski definition) is 4. The molecule has 0 saturated carbocycles. The van der Waals surface area contributed by atoms with E-state index in [0.29, 0.717) is 26.1 Å². The molecule has 2 aromatic rings. The van der Waals surface area contributed by atoms with Crippen LogP contribution in [0.15, 0.2) is 48.5 Å². The zero-order valence-electron chi connectivity index (χ0n) is 14.3. The lowest BCUT2D eigenvalue weighted by Crippen LogP contribution is -2.05. The smallest absolute Gasteiger partial charge is 0.306 e. The fourth-order valence-corrected chi connectivity index (χ4v) is 2.35. The fourth-order valence-electron chi connectivity index (χ4n) is 2.35. The van der Waals surface area contributed by atoms with Crippen molar-refractivity contribution in [1.82, 2.24) is 0 Å². The molecular formula is C20H24O4. The Morgan fingerprint density at radius 1 is 0.958 bits per heavy atom. The van der Waals surface area contributed by atoms with Crippen molar-refractivity contribution in [3.8, 4) is 11.5 Å². The van der Waals surface area contributed by atoms with E-state index in [2.05, 4.69) is 6.07 Å². The van der Waals surface area contributed by atoms with Crippen molar-refractivity contribution in [2.24, 2.45) is 0 Å². The lowest BCUT2D eigenvalue weighted by molar-refractivity contribution is -0.143. The van der Waals surface area contributed by atoms with Gasteiger partial charge < -0.3 is 14.2 Å². The van der Waals surface area contributed by atoms with Crippen molar-refractivity contribution < 1.29 is 19.0 Å². The first-order valence-corrected chi connectivity index (χ1v) is 8.21. The number of benzene rings is 2. The van der Waals surface area contributed by atoms with E-state index in [1.807, 2.05) is 49.4 Å². The molecule has 0 aliphatic heterocycles. The summed E-state index contributed by atoms with van der Waals surface area (Å²) >= 11 is 0. The maximum Gasteiger partial charge on any atom is 0.306 e. The minimum Gasteiger partial charge on any atom is -0.497 e. The molecule has 0 bridgehead atoms. The van der Waals surface area contributed by atoms with Gasteiger partial charge in [-0.1, -0.05) is 24.3 Å². The van der Waals surface area contributed by atoms with Gasteiger partial charge >= 0.3 is 5.97 Å². The van der Waals surface area contributed by atoms with E-state index in [-0.39, 0.29) is 5.97 Å². The monoisotopic (exact) mass is 328 g/mol. The van der Waals surface area contributed by atoms with E-state index in [4.69, 9.17) is 14.2 Å². The number of rotatable bonds is 9. The maximum absolute atomic E-state index is 11.3. The maximum atomic E-state index is 11.3. The van der Waals surface area contributed by atoms with Gasteiger partial charge in [0.25, 0.3) is 0 Å². The average molecular weight is 328 g/mol. The highest BCUT2D eigenvalue weighted by atomic mass is 16.5. The van der Waals surface area contributed by atoms with Crippen LogP contribution < -0.4 is 9.47 Å². The molecule has 0 N–H and O–H groups in total. The molecule has 0 saturated heterocycles. The Balaban J connectivity index is 1.76. The van der Waals surface area contributed by atoms with Gasteiger partial charge in [-0.3, -0.25) is 4.79 Å². The summed E-state index contributed by atoms with van der Waals surface area (Å²) in [5.74, 6) is 1.53. The van der Waals surface area contributed by atoms with Gasteiger partial charge in [-0.05, 0) is 48.7 Å². The zero-order chi connectivity index (χ0) is 17.2. The van der Waals surface area contributed by atoms with E-state index in [1.165, 1.54) is 5.56 Å². The summed E-state index contributed by atoms with van der Waals surface area (Å²) in [6.07, 6.45) is 1.91. The Morgan fingerprint density at radius 2 is 1.75 bits per heavy atom. The van der Waals surface area contributed by atoms with E-state index in [1.54, 1.807) is 7.11 Å². The summed E-state index contributed by atoms with van der Waals surface area (Å²) in [6, 6.07) is 15.8. The van der Waals surface area contributed by atoms with Crippen LogP contribution in [-0.4, -0.2) is 26.3 Å². The van der Waals surface area contributed by atoms with E-state index in [0.717, 1.165) is 23.5 Å². The summed E-state index contributed by atoms with van der Waals surface area (Å²) in [7, 11) is 1.67. The van der Waals surface area contributed by atoms with Crippen LogP contribution in [0.3, 0.4) is 0 Å². The highest BCUT2D eigenvalue weighted by Gasteiger charge is 2.03. The van der Waals surface area contributed by atoms with Crippen molar-refractivity contribution in [1.29, 1.82) is 0 Å². The van der Waals surface area contributed by atoms with Crippen LogP contribution in [0.2, 0.25) is 0 Å². The Bertz CT molecular complexity index is 634. The molecule has 0 aromatic heterocycles. The standard InChI is InChI=1S/C20H24O4/c1-3-23-20(21)12-9-16-7-10-18(11-8-16)24-14-13-17-5-4-6-19(15-17)22-2/h4-8,10-11,15H,3,9,12-14H2,1-2H3. The molecule has 4 heteroatoms. The Morgan fingerprint density at radius 3 is 2.46 bits per heavy atom. The van der Waals surface area contributed by atoms with Gasteiger partial charge in [0.05, 0.1) is 20.3 Å². The second-order valence-electron chi connectivity index (χ2n) is 5.40. The first kappa shape index (κ1) is 17.9. The highest BCUT2D eigenvalue weighted by molar-refractivity contribution is 5.69. The molecule has 0 amide bonds. The Labute approximate surface area is 143 Å². The number of methoxy groups -OCH3 is 1. The topological polar surface area (TPSA) is 44.8 Å². The molecule has 4 nitrogen and oxygen atoms in total. The summed E-state index contributed by atoms with van der Waals surface area (Å²) < 4.78 is 15.9. The summed E-state index contributed by atoms with van der Waals surface area (Å²) in [6.45, 7) is 2.85. The van der Waals surface area contributed by atoms with Crippen molar-refractivity contribution >= 4 is 5.97 Å². The van der Waals surface area contributed by atoms with Gasteiger partial charge in [0.15, 0.2) is 0 Å². The highest BCUT2D eigenvalue weighted by Crippen LogP contribution is 2.16. The molecule has 0 spiro atoms. The second kappa shape index (κ2) is 9.60. The van der Waals surface area contributed by atoms with Crippen LogP contribution in [0.5, 0.6) is 11.5 Å². The zero-order valence-corrected chi connectivity index (χ0v) is 14.3. The minimum atomic E-state index is -0.156. The van der Waals surface area contributed by atoms with Crippen LogP contribution in [0.25, 0.3) is 0 Å². The van der Waals surface area contributed by atoms with Gasteiger partial charge in [0.1, 0.15) is 11.5 Å². The lowest BCUT2D eigenvalue weighted by atomic mass is 10.1. The molecule has 128 valence electrons. The first-order chi connectivity index (χ1) is 11.7. The molecule has 2 aromatic carbocycles. The Kier molecular flexibility index (Phi) is 7.15. The first-order valence-electron chi connectivity index (χ1n) is 8.21. The summed E-state index contributed by atoms with van der Waals surface area (Å²) in [5, 5.41) is 0. The summed E-state index contributed by atoms with van der Waals surface area (Å²) in [5.41, 5.74) is 2.28. The van der Waals surface area contributed by atoms with Crippen molar-refractivity contribution in [2.75, 3.05) is 20.3 Å². The molecule has 0 aliphatic rings. The van der Waals surface area contributed by atoms with Gasteiger partial charge in [0.2, 0.25) is 0 Å². The molecule has 0 fully saturated rings. The Hall–Kier alpha value is -2.49. The molecule has 0 unspecified atom stereocenters. The SMILES string of the molecule is CCOC(=O)CCc1ccc(OCCc2cccc(OC)c2)cc1. The quantitative estimate of drug-likeness (QED) is 0.657. The van der Waals surface area contributed by atoms with Gasteiger partial charge in [0, 0.05) is 12.8 Å². The van der Waals surface area contributed by atoms with Gasteiger partial charge in [-0.2, -0.15) is 0 Å². The van der Waals surface area contributed by atoms with E-state index in [9.17, 15) is 4.79 Å². The van der Waals surface area contributed by atoms with E-state index < -0.39 is 0 Å². The van der Waals surface area contributed by atoms with Gasteiger partial charge in [-0.15, -0.1) is 0 Å². The average Bonchev–Trinajstić information content (AvgIpc) is 2.61. The van der Waals surface area contributed by atoms with Crippen LogP contribution >= 0.6 is 0 Å². The predicted octanol–water partition coefficient (Wildman–Crippen LogP) is 3.81. The number of esters is 1. The second-order valence-corrected chi connectivity index (χ2v) is 5.40. The normalized spacial score (nSPS) is 10.2. The van der Waals surface area contributed by atoms with Crippen molar-refractivity contribution in [3.05, 3.63) is 59.7 Å². The number of hydrogen-bond donors (Lipinski definition) is 0. The van der Waals surface area contributed by atoms with Gasteiger partial charge in [-0.25, -0.2) is 0 Å². The molecule has 0 radical (unpaired) electrons. The molecule has 0 aliphatic carbocycles. The van der Waals surface area contributed by atoms with Crippen molar-refractivity contribution in [3.63, 3.8) is 0 Å². The van der Waals surface area contributed by atoms with Crippen molar-refractivity contribution in [2.45, 2.75) is 26.2 Å². The number of aryl methyl sites for hydroxylation is 1. The third kappa shape index (κ3) is 5.95. The largest absolute Gasteiger partial charge is 0.497 e. The summed E-state index contributed by atoms with van der Waals surface area (Å²) in [4.78, 5) is 11.3. The number of carbonyl (C=O) groups is 1. The third-order valence-electron chi connectivity index (χ3n) is 3.64. The third-order valence-corrected chi connectivity index (χ3v) is 3.64. The lowest BCUT2D eigenvalue weighted by Gasteiger charge is -2.08. The van der Waals surface area contributed by atoms with Crippen LogP contribution in [0, 0.1) is 0 Å². The fraction of sp³-hybridized carbons (Fsp3) is 0.350. The van der Waals surface area contributed by atoms with Crippen LogP contribution in [0.1, 0.15) is 24.5 Å². The number of ether oxygens (including phenoxy) is 3. The molecule has 0 atom stereocenters. The molecule has 24 heavy (non-hydrogen) atoms. The van der Waals surface area contributed by atoms with E-state index >= 15 is 0 Å². The molecule has 0 heterocycles. The van der Waals surface area contributed by atoms with Crippen LogP contribution in [-0.2, 0) is 22.4 Å². The number of carbonyl (C=O) groups excluding carboxylic acids is 1. The molecular weight excluding hydrogens is 304 g/mol.